The molecule has 30 heavy (non-hydrogen) atoms. The first kappa shape index (κ1) is 20.2. The zero-order valence-electron chi connectivity index (χ0n) is 15.8. The lowest BCUT2D eigenvalue weighted by atomic mass is 10.0. The highest BCUT2D eigenvalue weighted by Crippen LogP contribution is 2.33. The van der Waals surface area contributed by atoms with Gasteiger partial charge in [0.25, 0.3) is 5.56 Å². The van der Waals surface area contributed by atoms with E-state index in [1.165, 1.54) is 4.68 Å². The van der Waals surface area contributed by atoms with Crippen molar-refractivity contribution in [2.24, 2.45) is 0 Å². The smallest absolute Gasteiger partial charge is 0.325 e. The van der Waals surface area contributed by atoms with E-state index in [-0.39, 0.29) is 17.8 Å². The molecule has 4 rings (SSSR count). The summed E-state index contributed by atoms with van der Waals surface area (Å²) < 4.78 is 6.92. The number of aromatic nitrogens is 5. The second-order valence-electron chi connectivity index (χ2n) is 7.13. The van der Waals surface area contributed by atoms with Crippen molar-refractivity contribution in [3.05, 3.63) is 79.9 Å². The quantitative estimate of drug-likeness (QED) is 0.323. The van der Waals surface area contributed by atoms with Crippen molar-refractivity contribution in [2.75, 3.05) is 6.61 Å². The predicted octanol–water partition coefficient (Wildman–Crippen LogP) is -1.55. The average Bonchev–Trinajstić information content (AvgIpc) is 3.27. The summed E-state index contributed by atoms with van der Waals surface area (Å²) in [5, 5.41) is 37.8. The second-order valence-corrected chi connectivity index (χ2v) is 7.13. The monoisotopic (exact) mass is 415 g/mol. The maximum absolute atomic E-state index is 12.5. The van der Waals surface area contributed by atoms with Crippen molar-refractivity contribution in [3.63, 3.8) is 0 Å². The standard InChI is InChI=1S/C19H21N5O6/c25-9-13-15(26)16(27)17(30-13)14-12(20-19(29)21-18(14)28)8-24-7-11(22-23-24)6-10-4-2-1-3-5-10/h1-5,7,13,15-17,25-27H,6,8-9H2,(H2,20,21,28,29)/t13-,15?,16?,17+/m1/s1. The summed E-state index contributed by atoms with van der Waals surface area (Å²) in [6.07, 6.45) is -2.84. The largest absolute Gasteiger partial charge is 0.394 e. The van der Waals surface area contributed by atoms with E-state index in [0.717, 1.165) is 5.56 Å². The van der Waals surface area contributed by atoms with Gasteiger partial charge in [0.15, 0.2) is 0 Å². The van der Waals surface area contributed by atoms with E-state index >= 15 is 0 Å². The van der Waals surface area contributed by atoms with Gasteiger partial charge in [-0.15, -0.1) is 5.10 Å². The number of rotatable bonds is 6. The first-order chi connectivity index (χ1) is 14.5. The number of H-pyrrole nitrogens is 2. The predicted molar refractivity (Wildman–Crippen MR) is 103 cm³/mol. The number of nitrogens with zero attached hydrogens (tertiary/aromatic N) is 3. The molecule has 11 nitrogen and oxygen atoms in total. The van der Waals surface area contributed by atoms with Crippen molar-refractivity contribution < 1.29 is 20.1 Å². The number of hydrogen-bond donors (Lipinski definition) is 5. The molecule has 2 unspecified atom stereocenters. The van der Waals surface area contributed by atoms with Crippen LogP contribution in [0.25, 0.3) is 0 Å². The van der Waals surface area contributed by atoms with Gasteiger partial charge in [0.2, 0.25) is 0 Å². The Balaban J connectivity index is 1.62. The van der Waals surface area contributed by atoms with Gasteiger partial charge in [0.05, 0.1) is 30.1 Å². The molecule has 0 bridgehead atoms. The van der Waals surface area contributed by atoms with Crippen molar-refractivity contribution in [1.29, 1.82) is 0 Å². The van der Waals surface area contributed by atoms with Crippen molar-refractivity contribution in [1.82, 2.24) is 25.0 Å². The fraction of sp³-hybridized carbons (Fsp3) is 0.368. The topological polar surface area (TPSA) is 166 Å². The molecule has 2 aromatic heterocycles. The van der Waals surface area contributed by atoms with Gasteiger partial charge in [-0.05, 0) is 5.56 Å². The number of benzene rings is 1. The number of nitrogens with one attached hydrogen (secondary N) is 2. The maximum atomic E-state index is 12.5. The molecule has 3 aromatic rings. The Kier molecular flexibility index (Phi) is 5.59. The van der Waals surface area contributed by atoms with E-state index in [2.05, 4.69) is 20.3 Å². The Hall–Kier alpha value is -3.12. The molecular weight excluding hydrogens is 394 g/mol. The molecule has 158 valence electrons. The Morgan fingerprint density at radius 1 is 1.10 bits per heavy atom. The first-order valence-electron chi connectivity index (χ1n) is 9.37. The molecule has 0 saturated carbocycles. The highest BCUT2D eigenvalue weighted by Gasteiger charge is 2.45. The van der Waals surface area contributed by atoms with E-state index in [1.807, 2.05) is 30.3 Å². The minimum Gasteiger partial charge on any atom is -0.394 e. The third-order valence-corrected chi connectivity index (χ3v) is 5.02. The number of aliphatic hydroxyl groups is 3. The number of aliphatic hydroxyl groups excluding tert-OH is 3. The third kappa shape index (κ3) is 3.96. The van der Waals surface area contributed by atoms with Crippen LogP contribution in [0.3, 0.4) is 0 Å². The molecular formula is C19H21N5O6. The fourth-order valence-electron chi connectivity index (χ4n) is 3.57. The van der Waals surface area contributed by atoms with Crippen LogP contribution in [-0.2, 0) is 17.7 Å². The summed E-state index contributed by atoms with van der Waals surface area (Å²) in [7, 11) is 0. The highest BCUT2D eigenvalue weighted by molar-refractivity contribution is 5.24. The van der Waals surface area contributed by atoms with Gasteiger partial charge in [-0.25, -0.2) is 9.48 Å². The first-order valence-corrected chi connectivity index (χ1v) is 9.37. The molecule has 0 spiro atoms. The average molecular weight is 415 g/mol. The molecule has 0 aliphatic carbocycles. The van der Waals surface area contributed by atoms with Crippen LogP contribution in [0.5, 0.6) is 0 Å². The zero-order valence-corrected chi connectivity index (χ0v) is 15.8. The van der Waals surface area contributed by atoms with Crippen LogP contribution < -0.4 is 11.2 Å². The molecule has 1 aromatic carbocycles. The molecule has 0 amide bonds. The Morgan fingerprint density at radius 2 is 1.87 bits per heavy atom. The lowest BCUT2D eigenvalue weighted by Crippen LogP contribution is -2.35. The lowest BCUT2D eigenvalue weighted by molar-refractivity contribution is -0.0235. The summed E-state index contributed by atoms with van der Waals surface area (Å²) in [4.78, 5) is 28.9. The molecule has 3 heterocycles. The normalized spacial score (nSPS) is 23.7. The minimum absolute atomic E-state index is 0.0112. The van der Waals surface area contributed by atoms with E-state index in [1.54, 1.807) is 6.20 Å². The van der Waals surface area contributed by atoms with Gasteiger partial charge < -0.3 is 25.0 Å². The summed E-state index contributed by atoms with van der Waals surface area (Å²) >= 11 is 0. The van der Waals surface area contributed by atoms with Gasteiger partial charge in [-0.2, -0.15) is 0 Å². The van der Waals surface area contributed by atoms with E-state index < -0.39 is 42.3 Å². The SMILES string of the molecule is O=c1[nH]c(Cn2cc(Cc3ccccc3)nn2)c([C@@H]2O[C@H](CO)C(O)C2O)c(=O)[nH]1. The third-order valence-electron chi connectivity index (χ3n) is 5.02. The summed E-state index contributed by atoms with van der Waals surface area (Å²) in [6.45, 7) is -0.542. The molecule has 1 aliphatic heterocycles. The zero-order chi connectivity index (χ0) is 21.3. The van der Waals surface area contributed by atoms with Crippen LogP contribution in [0.15, 0.2) is 46.1 Å². The van der Waals surface area contributed by atoms with Crippen molar-refractivity contribution in [3.8, 4) is 0 Å². The Bertz CT molecular complexity index is 1120. The molecule has 1 saturated heterocycles. The van der Waals surface area contributed by atoms with Gasteiger partial charge in [-0.3, -0.25) is 9.78 Å². The van der Waals surface area contributed by atoms with E-state index in [0.29, 0.717) is 12.1 Å². The van der Waals surface area contributed by atoms with Crippen molar-refractivity contribution in [2.45, 2.75) is 37.4 Å². The van der Waals surface area contributed by atoms with Crippen LogP contribution >= 0.6 is 0 Å². The number of aromatic amines is 2. The Labute approximate surface area is 169 Å². The van der Waals surface area contributed by atoms with E-state index in [9.17, 15) is 24.9 Å². The molecule has 11 heteroatoms. The van der Waals surface area contributed by atoms with Gasteiger partial charge in [-0.1, -0.05) is 35.5 Å². The summed E-state index contributed by atoms with van der Waals surface area (Å²) in [5.41, 5.74) is 0.388. The van der Waals surface area contributed by atoms with Crippen LogP contribution in [0.2, 0.25) is 0 Å². The molecule has 5 N–H and O–H groups in total. The molecule has 0 radical (unpaired) electrons. The molecule has 1 aliphatic rings. The van der Waals surface area contributed by atoms with Crippen LogP contribution in [0.4, 0.5) is 0 Å². The molecule has 1 fully saturated rings. The van der Waals surface area contributed by atoms with Crippen LogP contribution in [0, 0.1) is 0 Å². The van der Waals surface area contributed by atoms with Gasteiger partial charge in [0, 0.05) is 12.6 Å². The van der Waals surface area contributed by atoms with Crippen molar-refractivity contribution >= 4 is 0 Å². The summed E-state index contributed by atoms with van der Waals surface area (Å²) in [5.74, 6) is 0. The second kappa shape index (κ2) is 8.32. The number of hydrogen-bond acceptors (Lipinski definition) is 8. The minimum atomic E-state index is -1.45. The Morgan fingerprint density at radius 3 is 2.57 bits per heavy atom. The van der Waals surface area contributed by atoms with Gasteiger partial charge in [0.1, 0.15) is 24.4 Å². The van der Waals surface area contributed by atoms with Crippen LogP contribution in [-0.4, -0.2) is 65.2 Å². The number of ether oxygens (including phenoxy) is 1. The molecule has 4 atom stereocenters. The highest BCUT2D eigenvalue weighted by atomic mass is 16.6. The van der Waals surface area contributed by atoms with Gasteiger partial charge >= 0.3 is 5.69 Å². The fourth-order valence-corrected chi connectivity index (χ4v) is 3.57. The maximum Gasteiger partial charge on any atom is 0.325 e. The summed E-state index contributed by atoms with van der Waals surface area (Å²) in [6, 6.07) is 9.70. The van der Waals surface area contributed by atoms with E-state index in [4.69, 9.17) is 4.74 Å². The lowest BCUT2D eigenvalue weighted by Gasteiger charge is -2.17. The van der Waals surface area contributed by atoms with Crippen LogP contribution in [0.1, 0.15) is 28.6 Å².